The molecule has 1 aliphatic carbocycles. The second-order valence-electron chi connectivity index (χ2n) is 7.30. The van der Waals surface area contributed by atoms with Gasteiger partial charge in [0.1, 0.15) is 11.8 Å². The Morgan fingerprint density at radius 1 is 1.24 bits per heavy atom. The van der Waals surface area contributed by atoms with E-state index in [1.54, 1.807) is 19.1 Å². The Hall–Kier alpha value is -2.37. The van der Waals surface area contributed by atoms with Crippen molar-refractivity contribution in [3.05, 3.63) is 29.8 Å². The van der Waals surface area contributed by atoms with Crippen LogP contribution in [0.15, 0.2) is 24.3 Å². The standard InChI is InChI=1S/C19H26N2O4/c1-11(22)14-10-15(19(14,2)3)17(23)21-16(18(24)25-4)9-12-5-7-13(20)8-6-12/h5-8,14-16H,9-10,20H2,1-4H3,(H,21,23)/t14-,15+,16-/m0/s1. The summed E-state index contributed by atoms with van der Waals surface area (Å²) in [5.41, 5.74) is 6.77. The van der Waals surface area contributed by atoms with Gasteiger partial charge in [0, 0.05) is 23.9 Å². The lowest BCUT2D eigenvalue weighted by Crippen LogP contribution is -2.57. The minimum atomic E-state index is -0.770. The van der Waals surface area contributed by atoms with Crippen LogP contribution >= 0.6 is 0 Å². The third-order valence-electron chi connectivity index (χ3n) is 5.30. The van der Waals surface area contributed by atoms with Gasteiger partial charge in [0.25, 0.3) is 0 Å². The van der Waals surface area contributed by atoms with Crippen molar-refractivity contribution in [3.63, 3.8) is 0 Å². The number of hydrogen-bond donors (Lipinski definition) is 2. The highest BCUT2D eigenvalue weighted by Gasteiger charge is 2.53. The smallest absolute Gasteiger partial charge is 0.328 e. The molecule has 0 bridgehead atoms. The predicted molar refractivity (Wildman–Crippen MR) is 94.6 cm³/mol. The number of ketones is 1. The third-order valence-corrected chi connectivity index (χ3v) is 5.30. The van der Waals surface area contributed by atoms with E-state index in [4.69, 9.17) is 10.5 Å². The van der Waals surface area contributed by atoms with E-state index in [9.17, 15) is 14.4 Å². The summed E-state index contributed by atoms with van der Waals surface area (Å²) < 4.78 is 4.82. The van der Waals surface area contributed by atoms with Crippen LogP contribution in [0.1, 0.15) is 32.8 Å². The topological polar surface area (TPSA) is 98.5 Å². The molecule has 6 heteroatoms. The molecule has 0 spiro atoms. The quantitative estimate of drug-likeness (QED) is 0.604. The number of methoxy groups -OCH3 is 1. The van der Waals surface area contributed by atoms with Crippen molar-refractivity contribution in [3.8, 4) is 0 Å². The van der Waals surface area contributed by atoms with Gasteiger partial charge in [-0.15, -0.1) is 0 Å². The summed E-state index contributed by atoms with van der Waals surface area (Å²) in [6.07, 6.45) is 0.839. The molecule has 0 saturated heterocycles. The highest BCUT2D eigenvalue weighted by Crippen LogP contribution is 2.51. The van der Waals surface area contributed by atoms with Crippen LogP contribution in [0.5, 0.6) is 0 Å². The van der Waals surface area contributed by atoms with Gasteiger partial charge in [-0.2, -0.15) is 0 Å². The number of benzene rings is 1. The monoisotopic (exact) mass is 346 g/mol. The molecule has 136 valence electrons. The molecule has 6 nitrogen and oxygen atoms in total. The number of nitrogens with two attached hydrogens (primary N) is 1. The number of carbonyl (C=O) groups excluding carboxylic acids is 3. The molecule has 1 aliphatic rings. The minimum Gasteiger partial charge on any atom is -0.467 e. The molecule has 3 N–H and O–H groups in total. The molecular weight excluding hydrogens is 320 g/mol. The van der Waals surface area contributed by atoms with E-state index in [1.165, 1.54) is 7.11 Å². The first-order chi connectivity index (χ1) is 11.7. The first-order valence-electron chi connectivity index (χ1n) is 8.40. The molecule has 0 aliphatic heterocycles. The average Bonchev–Trinajstić information content (AvgIpc) is 2.54. The summed E-state index contributed by atoms with van der Waals surface area (Å²) in [5, 5.41) is 2.79. The van der Waals surface area contributed by atoms with E-state index in [2.05, 4.69) is 5.32 Å². The summed E-state index contributed by atoms with van der Waals surface area (Å²) >= 11 is 0. The zero-order chi connectivity index (χ0) is 18.8. The van der Waals surface area contributed by atoms with Gasteiger partial charge in [-0.05, 0) is 36.5 Å². The van der Waals surface area contributed by atoms with E-state index in [-0.39, 0.29) is 23.5 Å². The van der Waals surface area contributed by atoms with Gasteiger partial charge in [-0.1, -0.05) is 26.0 Å². The Morgan fingerprint density at radius 2 is 1.84 bits per heavy atom. The summed E-state index contributed by atoms with van der Waals surface area (Å²) in [5.74, 6) is -1.02. The molecule has 0 unspecified atom stereocenters. The van der Waals surface area contributed by atoms with E-state index in [1.807, 2.05) is 26.0 Å². The van der Waals surface area contributed by atoms with Gasteiger partial charge in [-0.25, -0.2) is 4.79 Å². The molecule has 1 amide bonds. The minimum absolute atomic E-state index is 0.0976. The van der Waals surface area contributed by atoms with E-state index in [0.717, 1.165) is 5.56 Å². The Kier molecular flexibility index (Phi) is 5.50. The SMILES string of the molecule is COC(=O)[C@H](Cc1ccc(N)cc1)NC(=O)[C@H]1C[C@@H](C(C)=O)C1(C)C. The second kappa shape index (κ2) is 7.25. The van der Waals surface area contributed by atoms with Crippen LogP contribution in [0.3, 0.4) is 0 Å². The highest BCUT2D eigenvalue weighted by molar-refractivity contribution is 5.90. The summed E-state index contributed by atoms with van der Waals surface area (Å²) in [7, 11) is 1.30. The molecule has 1 aromatic rings. The number of nitrogen functional groups attached to an aromatic ring is 1. The van der Waals surface area contributed by atoms with Crippen LogP contribution in [-0.4, -0.2) is 30.8 Å². The van der Waals surface area contributed by atoms with Crippen LogP contribution in [-0.2, 0) is 25.5 Å². The number of hydrogen-bond acceptors (Lipinski definition) is 5. The fourth-order valence-corrected chi connectivity index (χ4v) is 3.56. The van der Waals surface area contributed by atoms with Crippen molar-refractivity contribution >= 4 is 23.3 Å². The number of anilines is 1. The number of Topliss-reactive ketones (excluding diaryl/α,β-unsaturated/α-hetero) is 1. The van der Waals surface area contributed by atoms with Gasteiger partial charge in [0.2, 0.25) is 5.91 Å². The van der Waals surface area contributed by atoms with Gasteiger partial charge < -0.3 is 15.8 Å². The lowest BCUT2D eigenvalue weighted by atomic mass is 9.53. The lowest BCUT2D eigenvalue weighted by molar-refractivity contribution is -0.153. The van der Waals surface area contributed by atoms with Crippen molar-refractivity contribution in [2.24, 2.45) is 17.3 Å². The average molecular weight is 346 g/mol. The molecular formula is C19H26N2O4. The first-order valence-corrected chi connectivity index (χ1v) is 8.40. The van der Waals surface area contributed by atoms with Gasteiger partial charge in [0.15, 0.2) is 0 Å². The Balaban J connectivity index is 2.07. The van der Waals surface area contributed by atoms with E-state index >= 15 is 0 Å². The number of esters is 1. The van der Waals surface area contributed by atoms with Crippen molar-refractivity contribution in [1.82, 2.24) is 5.32 Å². The largest absolute Gasteiger partial charge is 0.467 e. The molecule has 0 aromatic heterocycles. The van der Waals surface area contributed by atoms with Crippen molar-refractivity contribution in [2.45, 2.75) is 39.7 Å². The highest BCUT2D eigenvalue weighted by atomic mass is 16.5. The third kappa shape index (κ3) is 4.00. The molecule has 2 rings (SSSR count). The number of ether oxygens (including phenoxy) is 1. The number of nitrogens with one attached hydrogen (secondary N) is 1. The Bertz CT molecular complexity index is 667. The second-order valence-corrected chi connectivity index (χ2v) is 7.30. The number of amides is 1. The molecule has 3 atom stereocenters. The van der Waals surface area contributed by atoms with E-state index in [0.29, 0.717) is 18.5 Å². The number of rotatable bonds is 6. The van der Waals surface area contributed by atoms with Crippen LogP contribution in [0, 0.1) is 17.3 Å². The molecule has 1 fully saturated rings. The van der Waals surface area contributed by atoms with Crippen LogP contribution < -0.4 is 11.1 Å². The van der Waals surface area contributed by atoms with Crippen LogP contribution in [0.25, 0.3) is 0 Å². The fraction of sp³-hybridized carbons (Fsp3) is 0.526. The van der Waals surface area contributed by atoms with Gasteiger partial charge in [-0.3, -0.25) is 9.59 Å². The molecule has 1 aromatic carbocycles. The summed E-state index contributed by atoms with van der Waals surface area (Å²) in [6, 6.07) is 6.36. The summed E-state index contributed by atoms with van der Waals surface area (Å²) in [4.78, 5) is 36.3. The van der Waals surface area contributed by atoms with Crippen LogP contribution in [0.4, 0.5) is 5.69 Å². The van der Waals surface area contributed by atoms with Crippen molar-refractivity contribution < 1.29 is 19.1 Å². The zero-order valence-electron chi connectivity index (χ0n) is 15.2. The zero-order valence-corrected chi connectivity index (χ0v) is 15.2. The van der Waals surface area contributed by atoms with E-state index < -0.39 is 17.4 Å². The van der Waals surface area contributed by atoms with Crippen molar-refractivity contribution in [1.29, 1.82) is 0 Å². The van der Waals surface area contributed by atoms with Gasteiger partial charge in [0.05, 0.1) is 7.11 Å². The molecule has 0 heterocycles. The first kappa shape index (κ1) is 19.0. The molecule has 1 saturated carbocycles. The number of carbonyl (C=O) groups is 3. The lowest BCUT2D eigenvalue weighted by Gasteiger charge is -2.50. The summed E-state index contributed by atoms with van der Waals surface area (Å²) in [6.45, 7) is 5.39. The Labute approximate surface area is 148 Å². The maximum absolute atomic E-state index is 12.6. The predicted octanol–water partition coefficient (Wildman–Crippen LogP) is 1.72. The maximum Gasteiger partial charge on any atom is 0.328 e. The van der Waals surface area contributed by atoms with Gasteiger partial charge >= 0.3 is 5.97 Å². The normalized spacial score (nSPS) is 22.4. The van der Waals surface area contributed by atoms with Crippen molar-refractivity contribution in [2.75, 3.05) is 12.8 Å². The van der Waals surface area contributed by atoms with Crippen LogP contribution in [0.2, 0.25) is 0 Å². The maximum atomic E-state index is 12.6. The molecule has 25 heavy (non-hydrogen) atoms. The Morgan fingerprint density at radius 3 is 2.32 bits per heavy atom. The fourth-order valence-electron chi connectivity index (χ4n) is 3.56. The molecule has 0 radical (unpaired) electrons.